The first-order chi connectivity index (χ1) is 13.3. The normalized spacial score (nSPS) is 9.85. The summed E-state index contributed by atoms with van der Waals surface area (Å²) in [7, 11) is 1.68. The number of hydrogen-bond donors (Lipinski definition) is 0. The highest BCUT2D eigenvalue weighted by atomic mass is 16.5. The van der Waals surface area contributed by atoms with Crippen LogP contribution >= 0.6 is 0 Å². The minimum atomic E-state index is 0.574. The van der Waals surface area contributed by atoms with Crippen molar-refractivity contribution in [1.82, 2.24) is 4.90 Å². The maximum Gasteiger partial charge on any atom is 0.133 e. The van der Waals surface area contributed by atoms with Gasteiger partial charge >= 0.3 is 0 Å². The third-order valence-corrected chi connectivity index (χ3v) is 4.25. The maximum absolute atomic E-state index is 10.7. The zero-order valence-corrected chi connectivity index (χ0v) is 19.1. The highest BCUT2D eigenvalue weighted by molar-refractivity contribution is 5.51. The molecular weight excluding hydrogens is 338 g/mol. The van der Waals surface area contributed by atoms with Gasteiger partial charge in [-0.25, -0.2) is 0 Å². The third-order valence-electron chi connectivity index (χ3n) is 4.25. The zero-order valence-electron chi connectivity index (χ0n) is 19.1. The summed E-state index contributed by atoms with van der Waals surface area (Å²) in [6, 6.07) is 0. The lowest BCUT2D eigenvalue weighted by Gasteiger charge is -2.19. The van der Waals surface area contributed by atoms with Crippen molar-refractivity contribution < 1.29 is 14.3 Å². The summed E-state index contributed by atoms with van der Waals surface area (Å²) in [5, 5.41) is 0. The average molecular weight is 388 g/mol. The van der Waals surface area contributed by atoms with Gasteiger partial charge in [-0.15, -0.1) is 0 Å². The van der Waals surface area contributed by atoms with Crippen molar-refractivity contribution in [3.8, 4) is 0 Å². The van der Waals surface area contributed by atoms with E-state index in [0.717, 1.165) is 51.5 Å². The van der Waals surface area contributed by atoms with Crippen molar-refractivity contribution in [2.45, 2.75) is 105 Å². The molecule has 0 unspecified atom stereocenters. The summed E-state index contributed by atoms with van der Waals surface area (Å²) < 4.78 is 4.54. The van der Waals surface area contributed by atoms with Gasteiger partial charge in [-0.3, -0.25) is 4.90 Å². The van der Waals surface area contributed by atoms with Gasteiger partial charge in [0.15, 0.2) is 0 Å². The first-order valence-electron chi connectivity index (χ1n) is 11.3. The van der Waals surface area contributed by atoms with Crippen LogP contribution in [0.4, 0.5) is 0 Å². The Balaban J connectivity index is -0.000000841. The first-order valence-corrected chi connectivity index (χ1v) is 11.3. The number of hydrogen-bond acceptors (Lipinski definition) is 4. The van der Waals surface area contributed by atoms with Crippen molar-refractivity contribution in [2.75, 3.05) is 33.4 Å². The average Bonchev–Trinajstić information content (AvgIpc) is 2.71. The van der Waals surface area contributed by atoms with Gasteiger partial charge in [-0.2, -0.15) is 0 Å². The van der Waals surface area contributed by atoms with Gasteiger partial charge < -0.3 is 14.3 Å². The van der Waals surface area contributed by atoms with Crippen LogP contribution < -0.4 is 0 Å². The molecule has 0 rings (SSSR count). The van der Waals surface area contributed by atoms with Crippen LogP contribution in [0, 0.1) is 0 Å². The van der Waals surface area contributed by atoms with Crippen LogP contribution in [0.2, 0.25) is 0 Å². The van der Waals surface area contributed by atoms with E-state index in [1.807, 2.05) is 20.8 Å². The molecular formula is C23H49NO3. The molecule has 4 nitrogen and oxygen atoms in total. The van der Waals surface area contributed by atoms with E-state index in [1.54, 1.807) is 7.11 Å². The highest BCUT2D eigenvalue weighted by Crippen LogP contribution is 2.08. The Hall–Kier alpha value is -0.740. The fraction of sp³-hybridized carbons (Fsp3) is 0.913. The number of nitrogens with zero attached hydrogens (tertiary/aromatic N) is 1. The Morgan fingerprint density at radius 2 is 1.15 bits per heavy atom. The lowest BCUT2D eigenvalue weighted by atomic mass is 10.1. The molecule has 0 amide bonds. The summed E-state index contributed by atoms with van der Waals surface area (Å²) in [6.45, 7) is 11.7. The van der Waals surface area contributed by atoms with Gasteiger partial charge in [0, 0.05) is 20.1 Å². The van der Waals surface area contributed by atoms with Crippen LogP contribution in [-0.4, -0.2) is 50.8 Å². The molecule has 0 spiro atoms. The molecule has 0 saturated carbocycles. The van der Waals surface area contributed by atoms with Crippen LogP contribution in [0.25, 0.3) is 0 Å². The van der Waals surface area contributed by atoms with E-state index in [-0.39, 0.29) is 0 Å². The fourth-order valence-electron chi connectivity index (χ4n) is 2.61. The Labute approximate surface area is 170 Å². The second-order valence-electron chi connectivity index (χ2n) is 6.54. The van der Waals surface area contributed by atoms with Crippen molar-refractivity contribution in [3.05, 3.63) is 0 Å². The number of carbonyl (C=O) groups excluding carboxylic acids is 2. The first kappa shape index (κ1) is 31.0. The van der Waals surface area contributed by atoms with E-state index >= 15 is 0 Å². The second-order valence-corrected chi connectivity index (χ2v) is 6.54. The van der Waals surface area contributed by atoms with Crippen LogP contribution in [0.5, 0.6) is 0 Å². The molecule has 0 fully saturated rings. The number of rotatable bonds is 18. The quantitative estimate of drug-likeness (QED) is 0.212. The molecule has 0 aliphatic rings. The number of aldehydes is 2. The maximum atomic E-state index is 10.7. The zero-order chi connectivity index (χ0) is 21.0. The molecule has 164 valence electrons. The number of unbranched alkanes of at least 4 members (excludes halogenated alkanes) is 10. The van der Waals surface area contributed by atoms with Gasteiger partial charge in [0.25, 0.3) is 0 Å². The predicted molar refractivity (Wildman–Crippen MR) is 119 cm³/mol. The molecule has 0 aromatic rings. The second kappa shape index (κ2) is 32.9. The molecule has 0 atom stereocenters. The SMILES string of the molecule is CC.CCCCCCCCCN(CC=O)CCCCCCC=O.CCOC. The molecule has 0 N–H and O–H groups in total. The van der Waals surface area contributed by atoms with Crippen molar-refractivity contribution in [2.24, 2.45) is 0 Å². The highest BCUT2D eigenvalue weighted by Gasteiger charge is 2.03. The molecule has 0 bridgehead atoms. The van der Waals surface area contributed by atoms with Crippen molar-refractivity contribution in [3.63, 3.8) is 0 Å². The molecule has 0 aliphatic carbocycles. The lowest BCUT2D eigenvalue weighted by Crippen LogP contribution is -2.28. The molecule has 0 radical (unpaired) electrons. The minimum Gasteiger partial charge on any atom is -0.385 e. The fourth-order valence-corrected chi connectivity index (χ4v) is 2.61. The monoisotopic (exact) mass is 387 g/mol. The number of ether oxygens (including phenoxy) is 1. The van der Waals surface area contributed by atoms with Gasteiger partial charge in [-0.1, -0.05) is 72.1 Å². The standard InChI is InChI=1S/C18H35NO2.C3H8O.C2H6/c1-2-3-4-5-6-8-11-14-19(16-18-21)15-12-9-7-10-13-17-20;1-3-4-2;1-2/h17-18H,2-16H2,1H3;3H2,1-2H3;1-2H3. The van der Waals surface area contributed by atoms with E-state index < -0.39 is 0 Å². The summed E-state index contributed by atoms with van der Waals surface area (Å²) in [6.07, 6.45) is 16.4. The largest absolute Gasteiger partial charge is 0.385 e. The topological polar surface area (TPSA) is 46.6 Å². The third kappa shape index (κ3) is 33.3. The molecule has 0 aromatic carbocycles. The van der Waals surface area contributed by atoms with Crippen molar-refractivity contribution in [1.29, 1.82) is 0 Å². The molecule has 0 aliphatic heterocycles. The van der Waals surface area contributed by atoms with E-state index in [2.05, 4.69) is 16.6 Å². The van der Waals surface area contributed by atoms with Crippen LogP contribution in [0.1, 0.15) is 105 Å². The summed E-state index contributed by atoms with van der Waals surface area (Å²) in [5.74, 6) is 0. The van der Waals surface area contributed by atoms with E-state index in [4.69, 9.17) is 0 Å². The Morgan fingerprint density at radius 1 is 0.704 bits per heavy atom. The Bertz CT molecular complexity index is 258. The molecule has 0 aromatic heterocycles. The smallest absolute Gasteiger partial charge is 0.133 e. The summed E-state index contributed by atoms with van der Waals surface area (Å²) in [5.41, 5.74) is 0. The number of carbonyl (C=O) groups is 2. The van der Waals surface area contributed by atoms with Gasteiger partial charge in [0.2, 0.25) is 0 Å². The number of methoxy groups -OCH3 is 1. The van der Waals surface area contributed by atoms with Gasteiger partial charge in [0.05, 0.1) is 6.54 Å². The van der Waals surface area contributed by atoms with Crippen molar-refractivity contribution >= 4 is 12.6 Å². The predicted octanol–water partition coefficient (Wildman–Crippen LogP) is 6.07. The summed E-state index contributed by atoms with van der Waals surface area (Å²) in [4.78, 5) is 23.2. The minimum absolute atomic E-state index is 0.574. The van der Waals surface area contributed by atoms with E-state index in [0.29, 0.717) is 13.0 Å². The van der Waals surface area contributed by atoms with E-state index in [9.17, 15) is 9.59 Å². The van der Waals surface area contributed by atoms with Crippen LogP contribution in [0.15, 0.2) is 0 Å². The van der Waals surface area contributed by atoms with Gasteiger partial charge in [0.1, 0.15) is 12.6 Å². The molecule has 0 heterocycles. The Kier molecular flexibility index (Phi) is 37.7. The lowest BCUT2D eigenvalue weighted by molar-refractivity contribution is -0.109. The van der Waals surface area contributed by atoms with Crippen LogP contribution in [-0.2, 0) is 14.3 Å². The molecule has 4 heteroatoms. The molecule has 0 saturated heterocycles. The van der Waals surface area contributed by atoms with E-state index in [1.165, 1.54) is 51.4 Å². The Morgan fingerprint density at radius 3 is 1.56 bits per heavy atom. The summed E-state index contributed by atoms with van der Waals surface area (Å²) >= 11 is 0. The van der Waals surface area contributed by atoms with Gasteiger partial charge in [-0.05, 0) is 39.3 Å². The van der Waals surface area contributed by atoms with Crippen LogP contribution in [0.3, 0.4) is 0 Å². The molecule has 27 heavy (non-hydrogen) atoms.